The monoisotopic (exact) mass is 600 g/mol. The number of nitrogens with zero attached hydrogens (tertiary/aromatic N) is 5. The van der Waals surface area contributed by atoms with Crippen LogP contribution in [0, 0.1) is 0 Å². The fourth-order valence-corrected chi connectivity index (χ4v) is 5.80. The molecular weight excluding hydrogens is 572 g/mol. The number of hydrogen-bond acceptors (Lipinski definition) is 7. The molecule has 0 aliphatic carbocycles. The molecule has 12 nitrogen and oxygen atoms in total. The third kappa shape index (κ3) is 4.97. The minimum absolute atomic E-state index is 0.0180. The highest BCUT2D eigenvalue weighted by atomic mass is 16.4. The van der Waals surface area contributed by atoms with Crippen molar-refractivity contribution in [2.75, 3.05) is 10.6 Å². The number of fused-ring (bicyclic) bond motifs is 4. The normalized spacial score (nSPS) is 13.3. The van der Waals surface area contributed by atoms with Gasteiger partial charge in [-0.1, -0.05) is 24.3 Å². The van der Waals surface area contributed by atoms with Crippen LogP contribution in [-0.2, 0) is 27.2 Å². The summed E-state index contributed by atoms with van der Waals surface area (Å²) in [6.07, 6.45) is 2.37. The van der Waals surface area contributed by atoms with Crippen LogP contribution >= 0.6 is 0 Å². The van der Waals surface area contributed by atoms with E-state index < -0.39 is 12.0 Å². The van der Waals surface area contributed by atoms with Crippen LogP contribution in [0.2, 0.25) is 0 Å². The quantitative estimate of drug-likeness (QED) is 0.207. The molecule has 0 radical (unpaired) electrons. The molecule has 4 N–H and O–H groups in total. The fourth-order valence-electron chi connectivity index (χ4n) is 5.80. The van der Waals surface area contributed by atoms with E-state index in [0.717, 1.165) is 54.9 Å². The van der Waals surface area contributed by atoms with Crippen LogP contribution in [0.4, 0.5) is 27.5 Å². The van der Waals surface area contributed by atoms with Gasteiger partial charge in [0, 0.05) is 42.8 Å². The lowest BCUT2D eigenvalue weighted by atomic mass is 10.1. The molecule has 3 amide bonds. The van der Waals surface area contributed by atoms with Gasteiger partial charge < -0.3 is 21.1 Å². The van der Waals surface area contributed by atoms with Crippen LogP contribution in [0.3, 0.4) is 0 Å². The smallest absolute Gasteiger partial charge is 0.414 e. The van der Waals surface area contributed by atoms with Gasteiger partial charge in [0.25, 0.3) is 11.8 Å². The average Bonchev–Trinajstić information content (AvgIpc) is 3.79. The Morgan fingerprint density at radius 3 is 1.91 bits per heavy atom. The van der Waals surface area contributed by atoms with Gasteiger partial charge in [-0.2, -0.15) is 10.2 Å². The van der Waals surface area contributed by atoms with E-state index in [-0.39, 0.29) is 12.5 Å². The predicted molar refractivity (Wildman–Crippen MR) is 170 cm³/mol. The highest BCUT2D eigenvalue weighted by Gasteiger charge is 2.34. The number of rotatable bonds is 4. The minimum atomic E-state index is -1.24. The van der Waals surface area contributed by atoms with Gasteiger partial charge in [0.1, 0.15) is 0 Å². The Labute approximate surface area is 256 Å². The zero-order chi connectivity index (χ0) is 31.2. The Bertz CT molecular complexity index is 2170. The highest BCUT2D eigenvalue weighted by Crippen LogP contribution is 2.32. The number of aromatic nitrogens is 4. The maximum absolute atomic E-state index is 12.4. The van der Waals surface area contributed by atoms with E-state index >= 15 is 0 Å². The molecule has 0 atom stereocenters. The molecule has 2 aliphatic heterocycles. The second-order valence-corrected chi connectivity index (χ2v) is 10.9. The number of carbonyl (C=O) groups excluding carboxylic acids is 2. The van der Waals surface area contributed by atoms with Crippen molar-refractivity contribution in [3.8, 4) is 0 Å². The zero-order valence-electron chi connectivity index (χ0n) is 24.4. The first kappa shape index (κ1) is 27.7. The first-order valence-corrected chi connectivity index (χ1v) is 14.2. The van der Waals surface area contributed by atoms with E-state index in [4.69, 9.17) is 5.11 Å². The fraction of sp³-hybridized carbons (Fsp3) is 0.121. The molecule has 45 heavy (non-hydrogen) atoms. The van der Waals surface area contributed by atoms with Gasteiger partial charge in [-0.25, -0.2) is 9.69 Å². The predicted octanol–water partition coefficient (Wildman–Crippen LogP) is 5.51. The van der Waals surface area contributed by atoms with Gasteiger partial charge in [0.05, 0.1) is 52.5 Å². The summed E-state index contributed by atoms with van der Waals surface area (Å²) in [5.74, 6) is -0.515. The largest absolute Gasteiger partial charge is 0.465 e. The van der Waals surface area contributed by atoms with Crippen molar-refractivity contribution in [3.63, 3.8) is 0 Å². The van der Waals surface area contributed by atoms with Gasteiger partial charge in [-0.3, -0.25) is 19.0 Å². The molecule has 4 heterocycles. The number of imide groups is 1. The number of carbonyl (C=O) groups is 3. The molecule has 6 aromatic rings. The Morgan fingerprint density at radius 1 is 0.778 bits per heavy atom. The van der Waals surface area contributed by atoms with Crippen molar-refractivity contribution in [1.29, 1.82) is 0 Å². The van der Waals surface area contributed by atoms with Crippen LogP contribution in [0.15, 0.2) is 85.2 Å². The molecule has 0 spiro atoms. The molecule has 0 unspecified atom stereocenters. The summed E-state index contributed by atoms with van der Waals surface area (Å²) in [6.45, 7) is 0.686. The number of carboxylic acid groups (broad SMARTS) is 1. The van der Waals surface area contributed by atoms with Crippen LogP contribution in [0.1, 0.15) is 31.8 Å². The molecule has 2 aliphatic rings. The van der Waals surface area contributed by atoms with E-state index in [2.05, 4.69) is 26.1 Å². The third-order valence-corrected chi connectivity index (χ3v) is 8.04. The van der Waals surface area contributed by atoms with Crippen LogP contribution < -0.4 is 16.0 Å². The number of aryl methyl sites for hydroxylation is 2. The zero-order valence-corrected chi connectivity index (χ0v) is 24.4. The summed E-state index contributed by atoms with van der Waals surface area (Å²) in [4.78, 5) is 36.3. The van der Waals surface area contributed by atoms with Gasteiger partial charge in [-0.15, -0.1) is 0 Å². The summed E-state index contributed by atoms with van der Waals surface area (Å²) in [6, 6.07) is 23.1. The van der Waals surface area contributed by atoms with Gasteiger partial charge in [-0.05, 0) is 59.7 Å². The van der Waals surface area contributed by atoms with Gasteiger partial charge in [0.15, 0.2) is 0 Å². The topological polar surface area (TPSA) is 146 Å². The summed E-state index contributed by atoms with van der Waals surface area (Å²) < 4.78 is 3.63. The SMILES string of the molecule is Cn1ncc2cc(Nc3cccc4c3C(=O)N(C(=O)O)C4)ccc21.Cn1ncc2cc(Nc3cccc4c3C(=O)NC4)ccc21. The highest BCUT2D eigenvalue weighted by molar-refractivity contribution is 6.10. The molecule has 4 aromatic carbocycles. The number of anilines is 4. The number of hydrogen-bond donors (Lipinski definition) is 4. The molecule has 0 saturated heterocycles. The second kappa shape index (κ2) is 10.8. The summed E-state index contributed by atoms with van der Waals surface area (Å²) in [5, 5.41) is 29.0. The van der Waals surface area contributed by atoms with Gasteiger partial charge in [0.2, 0.25) is 0 Å². The molecule has 0 fully saturated rings. The van der Waals surface area contributed by atoms with Gasteiger partial charge >= 0.3 is 6.09 Å². The van der Waals surface area contributed by atoms with Crippen molar-refractivity contribution in [3.05, 3.63) is 107 Å². The maximum Gasteiger partial charge on any atom is 0.414 e. The lowest BCUT2D eigenvalue weighted by molar-refractivity contribution is 0.0764. The van der Waals surface area contributed by atoms with Crippen molar-refractivity contribution < 1.29 is 19.5 Å². The van der Waals surface area contributed by atoms with Crippen molar-refractivity contribution in [2.24, 2.45) is 14.1 Å². The number of amides is 3. The van der Waals surface area contributed by atoms with E-state index in [9.17, 15) is 14.4 Å². The van der Waals surface area contributed by atoms with Crippen molar-refractivity contribution in [1.82, 2.24) is 29.8 Å². The second-order valence-electron chi connectivity index (χ2n) is 10.9. The summed E-state index contributed by atoms with van der Waals surface area (Å²) in [5.41, 5.74) is 8.17. The Kier molecular flexibility index (Phi) is 6.66. The van der Waals surface area contributed by atoms with E-state index in [1.54, 1.807) is 23.0 Å². The average molecular weight is 601 g/mol. The van der Waals surface area contributed by atoms with Crippen LogP contribution in [0.5, 0.6) is 0 Å². The number of benzene rings is 4. The lowest BCUT2D eigenvalue weighted by Gasteiger charge is -2.11. The lowest BCUT2D eigenvalue weighted by Crippen LogP contribution is -2.29. The summed E-state index contributed by atoms with van der Waals surface area (Å²) in [7, 11) is 3.79. The molecule has 224 valence electrons. The molecule has 0 bridgehead atoms. The Hall–Kier alpha value is -6.17. The minimum Gasteiger partial charge on any atom is -0.465 e. The first-order chi connectivity index (χ1) is 21.8. The van der Waals surface area contributed by atoms with Crippen molar-refractivity contribution >= 4 is 62.5 Å². The van der Waals surface area contributed by atoms with E-state index in [0.29, 0.717) is 23.4 Å². The van der Waals surface area contributed by atoms with E-state index in [1.165, 1.54) is 0 Å². The Balaban J connectivity index is 0.000000146. The van der Waals surface area contributed by atoms with E-state index in [1.807, 2.05) is 85.6 Å². The molecule has 2 aromatic heterocycles. The molecule has 0 saturated carbocycles. The molecule has 12 heteroatoms. The number of nitrogens with one attached hydrogen (secondary N) is 3. The summed E-state index contributed by atoms with van der Waals surface area (Å²) >= 11 is 0. The van der Waals surface area contributed by atoms with Crippen LogP contribution in [0.25, 0.3) is 21.8 Å². The molecular formula is C33H28N8O4. The first-order valence-electron chi connectivity index (χ1n) is 14.2. The third-order valence-electron chi connectivity index (χ3n) is 8.04. The molecule has 8 rings (SSSR count). The standard InChI is InChI=1S/C17H14N4O3.C16H14N4O/c1-20-14-6-5-12(7-11(14)8-18-20)19-13-4-2-3-10-9-21(17(23)24)16(22)15(10)13;1-20-14-6-5-12(7-11(14)9-18-20)19-13-4-2-3-10-8-17-16(21)15(10)13/h2-8,19H,9H2,1H3,(H,23,24);2-7,9,19H,8H2,1H3,(H,17,21). The maximum atomic E-state index is 12.4. The van der Waals surface area contributed by atoms with Crippen LogP contribution in [-0.4, -0.2) is 47.5 Å². The van der Waals surface area contributed by atoms with Crippen molar-refractivity contribution in [2.45, 2.75) is 13.1 Å². The Morgan fingerprint density at radius 2 is 1.33 bits per heavy atom.